The van der Waals surface area contributed by atoms with E-state index in [-0.39, 0.29) is 5.91 Å². The molecule has 23 heavy (non-hydrogen) atoms. The van der Waals surface area contributed by atoms with Crippen molar-refractivity contribution in [2.24, 2.45) is 11.0 Å². The molecule has 0 unspecified atom stereocenters. The Hall–Kier alpha value is -2.33. The van der Waals surface area contributed by atoms with Crippen LogP contribution in [0.2, 0.25) is 5.02 Å². The van der Waals surface area contributed by atoms with Gasteiger partial charge in [-0.25, -0.2) is 5.43 Å². The van der Waals surface area contributed by atoms with Gasteiger partial charge in [0.1, 0.15) is 5.75 Å². The average molecular weight is 331 g/mol. The predicted octanol–water partition coefficient (Wildman–Crippen LogP) is 4.14. The zero-order valence-electron chi connectivity index (χ0n) is 13.1. The van der Waals surface area contributed by atoms with E-state index in [0.29, 0.717) is 23.1 Å². The molecule has 1 N–H and O–H groups in total. The fraction of sp³-hybridized carbons (Fsp3) is 0.222. The molecule has 0 radical (unpaired) electrons. The summed E-state index contributed by atoms with van der Waals surface area (Å²) in [6, 6.07) is 14.3. The van der Waals surface area contributed by atoms with Crippen molar-refractivity contribution in [1.29, 1.82) is 0 Å². The minimum atomic E-state index is -0.344. The summed E-state index contributed by atoms with van der Waals surface area (Å²) in [7, 11) is 0. The summed E-state index contributed by atoms with van der Waals surface area (Å²) in [6.45, 7) is 4.88. The molecule has 0 aromatic heterocycles. The third kappa shape index (κ3) is 5.42. The Labute approximate surface area is 141 Å². The molecule has 0 aliphatic rings. The van der Waals surface area contributed by atoms with Gasteiger partial charge in [0.15, 0.2) is 0 Å². The number of carbonyl (C=O) groups is 1. The lowest BCUT2D eigenvalue weighted by Gasteiger charge is -2.08. The average Bonchev–Trinajstić information content (AvgIpc) is 2.54. The number of nitrogens with one attached hydrogen (secondary N) is 1. The minimum Gasteiger partial charge on any atom is -0.493 e. The fourth-order valence-corrected chi connectivity index (χ4v) is 2.01. The molecule has 4 nitrogen and oxygen atoms in total. The van der Waals surface area contributed by atoms with Gasteiger partial charge >= 0.3 is 0 Å². The quantitative estimate of drug-likeness (QED) is 0.639. The summed E-state index contributed by atoms with van der Waals surface area (Å²) < 4.78 is 5.61. The van der Waals surface area contributed by atoms with E-state index in [2.05, 4.69) is 24.4 Å². The summed E-state index contributed by atoms with van der Waals surface area (Å²) in [5.74, 6) is 0.955. The van der Waals surface area contributed by atoms with Crippen LogP contribution in [0.5, 0.6) is 5.75 Å². The Kier molecular flexibility index (Phi) is 6.18. The molecule has 1 amide bonds. The van der Waals surface area contributed by atoms with E-state index in [0.717, 1.165) is 11.3 Å². The number of hydrogen-bond acceptors (Lipinski definition) is 3. The third-order valence-corrected chi connectivity index (χ3v) is 3.29. The van der Waals surface area contributed by atoms with E-state index in [1.165, 1.54) is 0 Å². The monoisotopic (exact) mass is 330 g/mol. The van der Waals surface area contributed by atoms with E-state index in [1.54, 1.807) is 30.5 Å². The molecule has 0 aliphatic heterocycles. The molecule has 0 heterocycles. The van der Waals surface area contributed by atoms with E-state index >= 15 is 0 Å². The van der Waals surface area contributed by atoms with Crippen molar-refractivity contribution >= 4 is 23.7 Å². The summed E-state index contributed by atoms with van der Waals surface area (Å²) >= 11 is 5.96. The lowest BCUT2D eigenvalue weighted by Crippen LogP contribution is -2.17. The van der Waals surface area contributed by atoms with Crippen molar-refractivity contribution in [3.8, 4) is 5.75 Å². The first-order chi connectivity index (χ1) is 11.1. The molecule has 0 saturated carbocycles. The van der Waals surface area contributed by atoms with Crippen LogP contribution < -0.4 is 10.2 Å². The van der Waals surface area contributed by atoms with Crippen molar-refractivity contribution in [3.63, 3.8) is 0 Å². The summed E-state index contributed by atoms with van der Waals surface area (Å²) in [4.78, 5) is 11.9. The Morgan fingerprint density at radius 2 is 1.91 bits per heavy atom. The molecule has 0 fully saturated rings. The van der Waals surface area contributed by atoms with Gasteiger partial charge in [0.25, 0.3) is 5.91 Å². The topological polar surface area (TPSA) is 50.7 Å². The van der Waals surface area contributed by atoms with Crippen LogP contribution >= 0.6 is 11.6 Å². The number of hydrazone groups is 1. The summed E-state index contributed by atoms with van der Waals surface area (Å²) in [6.07, 6.45) is 1.57. The van der Waals surface area contributed by atoms with Gasteiger partial charge in [-0.1, -0.05) is 37.6 Å². The van der Waals surface area contributed by atoms with Crippen molar-refractivity contribution < 1.29 is 9.53 Å². The lowest BCUT2D eigenvalue weighted by atomic mass is 10.2. The first kappa shape index (κ1) is 17.0. The molecular weight excluding hydrogens is 312 g/mol. The smallest absolute Gasteiger partial charge is 0.272 e. The van der Waals surface area contributed by atoms with Crippen molar-refractivity contribution in [1.82, 2.24) is 5.43 Å². The standard InChI is InChI=1S/C18H19ClN2O2/c1-13(2)12-23-15-9-7-14(8-10-15)11-20-21-18(22)16-5-3-4-6-17(16)19/h3-11,13H,12H2,1-2H3,(H,21,22)/b20-11-. The number of ether oxygens (including phenoxy) is 1. The summed E-state index contributed by atoms with van der Waals surface area (Å²) in [5, 5.41) is 4.33. The normalized spacial score (nSPS) is 11.0. The maximum atomic E-state index is 11.9. The van der Waals surface area contributed by atoms with Crippen LogP contribution in [-0.4, -0.2) is 18.7 Å². The van der Waals surface area contributed by atoms with Crippen LogP contribution in [0, 0.1) is 5.92 Å². The van der Waals surface area contributed by atoms with Gasteiger partial charge in [-0.05, 0) is 47.9 Å². The Morgan fingerprint density at radius 1 is 1.22 bits per heavy atom. The number of benzene rings is 2. The highest BCUT2D eigenvalue weighted by Crippen LogP contribution is 2.14. The van der Waals surface area contributed by atoms with Gasteiger partial charge < -0.3 is 4.74 Å². The van der Waals surface area contributed by atoms with Gasteiger partial charge in [-0.3, -0.25) is 4.79 Å². The molecule has 2 rings (SSSR count). The molecule has 5 heteroatoms. The molecular formula is C18H19ClN2O2. The minimum absolute atomic E-state index is 0.344. The fourth-order valence-electron chi connectivity index (χ4n) is 1.78. The molecule has 0 aliphatic carbocycles. The van der Waals surface area contributed by atoms with Crippen molar-refractivity contribution in [2.45, 2.75) is 13.8 Å². The second kappa shape index (κ2) is 8.34. The largest absolute Gasteiger partial charge is 0.493 e. The Bertz CT molecular complexity index is 682. The second-order valence-electron chi connectivity index (χ2n) is 5.45. The van der Waals surface area contributed by atoms with Crippen molar-refractivity contribution in [2.75, 3.05) is 6.61 Å². The third-order valence-electron chi connectivity index (χ3n) is 2.96. The van der Waals surface area contributed by atoms with Gasteiger partial charge in [0.2, 0.25) is 0 Å². The molecule has 2 aromatic rings. The Balaban J connectivity index is 1.90. The maximum Gasteiger partial charge on any atom is 0.272 e. The molecule has 120 valence electrons. The van der Waals surface area contributed by atoms with Gasteiger partial charge in [-0.15, -0.1) is 0 Å². The van der Waals surface area contributed by atoms with Crippen LogP contribution in [-0.2, 0) is 0 Å². The molecule has 0 atom stereocenters. The molecule has 0 spiro atoms. The van der Waals surface area contributed by atoms with E-state index in [1.807, 2.05) is 24.3 Å². The number of rotatable bonds is 6. The first-order valence-electron chi connectivity index (χ1n) is 7.37. The maximum absolute atomic E-state index is 11.9. The van der Waals surface area contributed by atoms with E-state index < -0.39 is 0 Å². The van der Waals surface area contributed by atoms with Gasteiger partial charge in [0.05, 0.1) is 23.4 Å². The van der Waals surface area contributed by atoms with Gasteiger partial charge in [0, 0.05) is 0 Å². The number of halogens is 1. The zero-order valence-corrected chi connectivity index (χ0v) is 13.9. The van der Waals surface area contributed by atoms with Crippen molar-refractivity contribution in [3.05, 3.63) is 64.7 Å². The number of carbonyl (C=O) groups excluding carboxylic acids is 1. The SMILES string of the molecule is CC(C)COc1ccc(/C=N\NC(=O)c2ccccc2Cl)cc1. The highest BCUT2D eigenvalue weighted by atomic mass is 35.5. The highest BCUT2D eigenvalue weighted by Gasteiger charge is 2.07. The highest BCUT2D eigenvalue weighted by molar-refractivity contribution is 6.33. The van der Waals surface area contributed by atoms with Crippen LogP contribution in [0.4, 0.5) is 0 Å². The Morgan fingerprint density at radius 3 is 2.57 bits per heavy atom. The number of amides is 1. The lowest BCUT2D eigenvalue weighted by molar-refractivity contribution is 0.0955. The zero-order chi connectivity index (χ0) is 16.7. The molecule has 0 bridgehead atoms. The van der Waals surface area contributed by atoms with Crippen LogP contribution in [0.25, 0.3) is 0 Å². The summed E-state index contributed by atoms with van der Waals surface area (Å²) in [5.41, 5.74) is 3.71. The number of hydrogen-bond donors (Lipinski definition) is 1. The van der Waals surface area contributed by atoms with Crippen LogP contribution in [0.15, 0.2) is 53.6 Å². The molecule has 0 saturated heterocycles. The van der Waals surface area contributed by atoms with Gasteiger partial charge in [-0.2, -0.15) is 5.10 Å². The number of nitrogens with zero attached hydrogens (tertiary/aromatic N) is 1. The predicted molar refractivity (Wildman–Crippen MR) is 93.3 cm³/mol. The van der Waals surface area contributed by atoms with Crippen LogP contribution in [0.3, 0.4) is 0 Å². The van der Waals surface area contributed by atoms with E-state index in [4.69, 9.17) is 16.3 Å². The van der Waals surface area contributed by atoms with Crippen LogP contribution in [0.1, 0.15) is 29.8 Å². The molecule has 2 aromatic carbocycles. The van der Waals surface area contributed by atoms with E-state index in [9.17, 15) is 4.79 Å². The second-order valence-corrected chi connectivity index (χ2v) is 5.86. The first-order valence-corrected chi connectivity index (χ1v) is 7.75.